The van der Waals surface area contributed by atoms with Gasteiger partial charge in [0.25, 0.3) is 11.7 Å². The number of anilines is 1. The van der Waals surface area contributed by atoms with E-state index in [0.29, 0.717) is 37.7 Å². The molecule has 0 saturated carbocycles. The summed E-state index contributed by atoms with van der Waals surface area (Å²) in [6, 6.07) is 7.37. The lowest BCUT2D eigenvalue weighted by Gasteiger charge is -2.34. The predicted octanol–water partition coefficient (Wildman–Crippen LogP) is 2.25. The molecule has 0 unspecified atom stereocenters. The molecule has 3 heterocycles. The maximum Gasteiger partial charge on any atom is 0.295 e. The summed E-state index contributed by atoms with van der Waals surface area (Å²) in [6.07, 6.45) is 4.99. The van der Waals surface area contributed by atoms with E-state index < -0.39 is 11.7 Å². The van der Waals surface area contributed by atoms with Crippen molar-refractivity contribution in [2.45, 2.75) is 0 Å². The van der Waals surface area contributed by atoms with Crippen LogP contribution in [0.5, 0.6) is 0 Å². The highest BCUT2D eigenvalue weighted by molar-refractivity contribution is 9.10. The normalized spacial score (nSPS) is 14.7. The Morgan fingerprint density at radius 3 is 2.54 bits per heavy atom. The lowest BCUT2D eigenvalue weighted by atomic mass is 10.1. The number of nitrogens with zero attached hydrogens (tertiary/aromatic N) is 4. The van der Waals surface area contributed by atoms with Crippen molar-refractivity contribution in [3.05, 3.63) is 52.9 Å². The van der Waals surface area contributed by atoms with Crippen LogP contribution in [0, 0.1) is 0 Å². The number of H-pyrrole nitrogens is 1. The number of carbonyl (C=O) groups is 2. The van der Waals surface area contributed by atoms with Crippen LogP contribution in [0.25, 0.3) is 10.9 Å². The van der Waals surface area contributed by atoms with Crippen molar-refractivity contribution >= 4 is 44.5 Å². The Balaban J connectivity index is 1.48. The molecule has 1 fully saturated rings. The first kappa shape index (κ1) is 16.7. The van der Waals surface area contributed by atoms with Gasteiger partial charge in [0.1, 0.15) is 0 Å². The first-order valence-electron chi connectivity index (χ1n) is 8.26. The molecule has 0 atom stereocenters. The van der Waals surface area contributed by atoms with Gasteiger partial charge in [0.2, 0.25) is 5.95 Å². The van der Waals surface area contributed by atoms with Crippen molar-refractivity contribution in [3.8, 4) is 0 Å². The molecule has 4 rings (SSSR count). The molecule has 2 aromatic heterocycles. The molecule has 0 radical (unpaired) electrons. The quantitative estimate of drug-likeness (QED) is 0.525. The second-order valence-electron chi connectivity index (χ2n) is 6.05. The van der Waals surface area contributed by atoms with E-state index in [9.17, 15) is 9.59 Å². The van der Waals surface area contributed by atoms with E-state index in [1.165, 1.54) is 0 Å². The maximum atomic E-state index is 12.7. The monoisotopic (exact) mass is 413 g/mol. The van der Waals surface area contributed by atoms with Crippen LogP contribution >= 0.6 is 15.9 Å². The van der Waals surface area contributed by atoms with E-state index in [2.05, 4.69) is 30.9 Å². The van der Waals surface area contributed by atoms with Crippen molar-refractivity contribution in [2.75, 3.05) is 31.1 Å². The van der Waals surface area contributed by atoms with Gasteiger partial charge >= 0.3 is 0 Å². The Hall–Kier alpha value is -2.74. The number of Topliss-reactive ketones (excluding diaryl/α,β-unsaturated/α-hetero) is 1. The molecule has 1 saturated heterocycles. The molecule has 1 aliphatic heterocycles. The van der Waals surface area contributed by atoms with Gasteiger partial charge in [-0.2, -0.15) is 0 Å². The van der Waals surface area contributed by atoms with Crippen LogP contribution in [-0.4, -0.2) is 57.7 Å². The second kappa shape index (κ2) is 6.87. The van der Waals surface area contributed by atoms with E-state index in [4.69, 9.17) is 0 Å². The van der Waals surface area contributed by atoms with Crippen LogP contribution in [0.3, 0.4) is 0 Å². The average molecular weight is 414 g/mol. The molecule has 0 bridgehead atoms. The Labute approximate surface area is 158 Å². The van der Waals surface area contributed by atoms with Gasteiger partial charge in [-0.25, -0.2) is 9.97 Å². The topological polar surface area (TPSA) is 82.2 Å². The van der Waals surface area contributed by atoms with Gasteiger partial charge in [-0.15, -0.1) is 0 Å². The fourth-order valence-electron chi connectivity index (χ4n) is 3.10. The molecule has 3 aromatic rings. The van der Waals surface area contributed by atoms with Crippen LogP contribution < -0.4 is 4.90 Å². The predicted molar refractivity (Wildman–Crippen MR) is 101 cm³/mol. The minimum absolute atomic E-state index is 0.403. The zero-order valence-electron chi connectivity index (χ0n) is 13.9. The molecule has 8 heteroatoms. The number of piperazine rings is 1. The summed E-state index contributed by atoms with van der Waals surface area (Å²) in [6.45, 7) is 2.13. The zero-order chi connectivity index (χ0) is 18.1. The number of halogens is 1. The lowest BCUT2D eigenvalue weighted by molar-refractivity contribution is -0.126. The van der Waals surface area contributed by atoms with Crippen molar-refractivity contribution in [2.24, 2.45) is 0 Å². The number of amides is 1. The van der Waals surface area contributed by atoms with Gasteiger partial charge in [0, 0.05) is 60.1 Å². The second-order valence-corrected chi connectivity index (χ2v) is 6.97. The Morgan fingerprint density at radius 1 is 1.08 bits per heavy atom. The molecule has 1 N–H and O–H groups in total. The van der Waals surface area contributed by atoms with Gasteiger partial charge in [0.15, 0.2) is 0 Å². The Kier molecular flexibility index (Phi) is 4.42. The van der Waals surface area contributed by atoms with Crippen LogP contribution in [0.1, 0.15) is 10.4 Å². The molecule has 7 nitrogen and oxygen atoms in total. The first-order valence-corrected chi connectivity index (χ1v) is 9.05. The van der Waals surface area contributed by atoms with Crippen LogP contribution in [0.15, 0.2) is 47.3 Å². The molecule has 1 aliphatic rings. The third-order valence-corrected chi connectivity index (χ3v) is 4.98. The molecular formula is C18H16BrN5O2. The third kappa shape index (κ3) is 3.08. The smallest absolute Gasteiger partial charge is 0.295 e. The standard InChI is InChI=1S/C18H16BrN5O2/c19-12-2-3-15-13(10-12)14(11-22-15)16(25)17(26)23-6-8-24(9-7-23)18-20-4-1-5-21-18/h1-5,10-11,22H,6-9H2. The lowest BCUT2D eigenvalue weighted by Crippen LogP contribution is -2.51. The summed E-state index contributed by atoms with van der Waals surface area (Å²) in [5.41, 5.74) is 1.23. The average Bonchev–Trinajstić information content (AvgIpc) is 3.10. The highest BCUT2D eigenvalue weighted by Gasteiger charge is 2.29. The minimum atomic E-state index is -0.487. The molecule has 0 aliphatic carbocycles. The van der Waals surface area contributed by atoms with E-state index in [1.807, 2.05) is 23.1 Å². The summed E-state index contributed by atoms with van der Waals surface area (Å²) < 4.78 is 0.863. The third-order valence-electron chi connectivity index (χ3n) is 4.48. The fraction of sp³-hybridized carbons (Fsp3) is 0.222. The van der Waals surface area contributed by atoms with Crippen LogP contribution in [-0.2, 0) is 4.79 Å². The van der Waals surface area contributed by atoms with Gasteiger partial charge in [-0.1, -0.05) is 15.9 Å². The molecule has 26 heavy (non-hydrogen) atoms. The number of hydrogen-bond donors (Lipinski definition) is 1. The fourth-order valence-corrected chi connectivity index (χ4v) is 3.46. The van der Waals surface area contributed by atoms with Gasteiger partial charge in [0.05, 0.1) is 5.56 Å². The molecule has 132 valence electrons. The Bertz CT molecular complexity index is 964. The molecule has 1 amide bonds. The van der Waals surface area contributed by atoms with Gasteiger partial charge in [-0.05, 0) is 24.3 Å². The molecule has 1 aromatic carbocycles. The van der Waals surface area contributed by atoms with E-state index in [-0.39, 0.29) is 0 Å². The Morgan fingerprint density at radius 2 is 1.81 bits per heavy atom. The number of aromatic amines is 1. The van der Waals surface area contributed by atoms with E-state index >= 15 is 0 Å². The molecule has 0 spiro atoms. The number of hydrogen-bond acceptors (Lipinski definition) is 5. The number of aromatic nitrogens is 3. The van der Waals surface area contributed by atoms with Crippen molar-refractivity contribution in [1.82, 2.24) is 19.9 Å². The summed E-state index contributed by atoms with van der Waals surface area (Å²) in [7, 11) is 0. The number of rotatable bonds is 3. The van der Waals surface area contributed by atoms with E-state index in [1.54, 1.807) is 29.6 Å². The van der Waals surface area contributed by atoms with Gasteiger partial charge < -0.3 is 14.8 Å². The molecular weight excluding hydrogens is 398 g/mol. The maximum absolute atomic E-state index is 12.7. The summed E-state index contributed by atoms with van der Waals surface area (Å²) >= 11 is 3.40. The van der Waals surface area contributed by atoms with E-state index in [0.717, 1.165) is 15.4 Å². The van der Waals surface area contributed by atoms with Crippen molar-refractivity contribution in [1.29, 1.82) is 0 Å². The largest absolute Gasteiger partial charge is 0.360 e. The van der Waals surface area contributed by atoms with Crippen molar-refractivity contribution in [3.63, 3.8) is 0 Å². The van der Waals surface area contributed by atoms with Crippen molar-refractivity contribution < 1.29 is 9.59 Å². The minimum Gasteiger partial charge on any atom is -0.360 e. The highest BCUT2D eigenvalue weighted by Crippen LogP contribution is 2.23. The number of benzene rings is 1. The number of ketones is 1. The summed E-state index contributed by atoms with van der Waals surface area (Å²) in [5.74, 6) is -0.314. The SMILES string of the molecule is O=C(C(=O)N1CCN(c2ncccn2)CC1)c1c[nH]c2ccc(Br)cc12. The summed E-state index contributed by atoms with van der Waals surface area (Å²) in [5, 5.41) is 0.744. The van der Waals surface area contributed by atoms with Crippen LogP contribution in [0.2, 0.25) is 0 Å². The first-order chi connectivity index (χ1) is 12.6. The van der Waals surface area contributed by atoms with Gasteiger partial charge in [-0.3, -0.25) is 9.59 Å². The highest BCUT2D eigenvalue weighted by atomic mass is 79.9. The zero-order valence-corrected chi connectivity index (χ0v) is 15.4. The number of fused-ring (bicyclic) bond motifs is 1. The summed E-state index contributed by atoms with van der Waals surface area (Å²) in [4.78, 5) is 40.5. The number of carbonyl (C=O) groups excluding carboxylic acids is 2. The van der Waals surface area contributed by atoms with Crippen LogP contribution in [0.4, 0.5) is 5.95 Å². The number of nitrogens with one attached hydrogen (secondary N) is 1.